The molecule has 0 fully saturated rings. The molecule has 1 aromatic heterocycles. The third-order valence-electron chi connectivity index (χ3n) is 4.12. The van der Waals surface area contributed by atoms with Crippen molar-refractivity contribution >= 4 is 51.3 Å². The molecule has 8 heteroatoms. The van der Waals surface area contributed by atoms with Crippen LogP contribution in [0.3, 0.4) is 0 Å². The molecule has 0 saturated carbocycles. The van der Waals surface area contributed by atoms with E-state index in [4.69, 9.17) is 0 Å². The summed E-state index contributed by atoms with van der Waals surface area (Å²) in [5, 5.41) is 25.9. The second-order valence-electron chi connectivity index (χ2n) is 5.79. The molecule has 0 radical (unpaired) electrons. The van der Waals surface area contributed by atoms with E-state index in [0.29, 0.717) is 11.1 Å². The average Bonchev–Trinajstić information content (AvgIpc) is 2.99. The Balaban J connectivity index is 1.81. The number of benzene rings is 2. The van der Waals surface area contributed by atoms with Crippen LogP contribution in [0.4, 0.5) is 0 Å². The fourth-order valence-corrected chi connectivity index (χ4v) is 3.40. The predicted molar refractivity (Wildman–Crippen MR) is 102 cm³/mol. The van der Waals surface area contributed by atoms with Gasteiger partial charge in [0.05, 0.1) is 17.6 Å². The Morgan fingerprint density at radius 2 is 1.70 bits per heavy atom. The van der Waals surface area contributed by atoms with Crippen molar-refractivity contribution in [1.82, 2.24) is 10.3 Å². The molecule has 2 N–H and O–H groups in total. The number of aromatic nitrogens is 1. The maximum atomic E-state index is 12.3. The lowest BCUT2D eigenvalue weighted by Gasteiger charge is -2.11. The van der Waals surface area contributed by atoms with Gasteiger partial charge in [0.25, 0.3) is 5.91 Å². The lowest BCUT2D eigenvalue weighted by molar-refractivity contribution is -0.256. The zero-order valence-electron chi connectivity index (χ0n) is 13.9. The molecule has 1 amide bonds. The van der Waals surface area contributed by atoms with Crippen LogP contribution in [0, 0.1) is 3.57 Å². The van der Waals surface area contributed by atoms with Crippen molar-refractivity contribution in [3.05, 3.63) is 68.4 Å². The van der Waals surface area contributed by atoms with Gasteiger partial charge in [-0.2, -0.15) is 0 Å². The van der Waals surface area contributed by atoms with Gasteiger partial charge in [0.1, 0.15) is 0 Å². The minimum absolute atomic E-state index is 0.00824. The molecule has 0 aliphatic carbocycles. The Hall–Kier alpha value is -2.88. The van der Waals surface area contributed by atoms with E-state index < -0.39 is 17.8 Å². The average molecular weight is 476 g/mol. The summed E-state index contributed by atoms with van der Waals surface area (Å²) < 4.78 is 0.942. The second kappa shape index (κ2) is 7.78. The maximum absolute atomic E-state index is 12.3. The van der Waals surface area contributed by atoms with Crippen LogP contribution in [0.1, 0.15) is 36.8 Å². The van der Waals surface area contributed by atoms with Gasteiger partial charge in [-0.25, -0.2) is 0 Å². The highest BCUT2D eigenvalue weighted by atomic mass is 127. The van der Waals surface area contributed by atoms with Gasteiger partial charge in [-0.05, 0) is 58.8 Å². The monoisotopic (exact) mass is 476 g/mol. The third kappa shape index (κ3) is 3.95. The first-order chi connectivity index (χ1) is 12.9. The number of hydrogen-bond donors (Lipinski definition) is 2. The van der Waals surface area contributed by atoms with E-state index in [-0.39, 0.29) is 29.8 Å². The number of H-pyrrole nitrogens is 1. The summed E-state index contributed by atoms with van der Waals surface area (Å²) >= 11 is 2.13. The summed E-state index contributed by atoms with van der Waals surface area (Å²) in [7, 11) is 0. The fraction of sp³-hybridized carbons (Fsp3) is 0.105. The number of aromatic amines is 1. The van der Waals surface area contributed by atoms with Gasteiger partial charge in [-0.3, -0.25) is 4.79 Å². The molecule has 7 nitrogen and oxygen atoms in total. The molecule has 2 aromatic carbocycles. The summed E-state index contributed by atoms with van der Waals surface area (Å²) in [5.74, 6) is -3.34. The van der Waals surface area contributed by atoms with E-state index in [2.05, 4.69) is 32.9 Å². The van der Waals surface area contributed by atoms with Crippen LogP contribution < -0.4 is 15.5 Å². The summed E-state index contributed by atoms with van der Waals surface area (Å²) in [6.45, 7) is 0.124. The molecule has 0 bridgehead atoms. The van der Waals surface area contributed by atoms with Crippen molar-refractivity contribution in [1.29, 1.82) is 0 Å². The molecule has 27 heavy (non-hydrogen) atoms. The molecular weight excluding hydrogens is 463 g/mol. The first-order valence-corrected chi connectivity index (χ1v) is 9.06. The van der Waals surface area contributed by atoms with Crippen LogP contribution in [-0.2, 0) is 6.42 Å². The van der Waals surface area contributed by atoms with E-state index in [1.54, 1.807) is 12.1 Å². The second-order valence-corrected chi connectivity index (χ2v) is 7.04. The van der Waals surface area contributed by atoms with Crippen LogP contribution in [0.15, 0.2) is 42.5 Å². The lowest BCUT2D eigenvalue weighted by Crippen LogP contribution is -2.31. The molecule has 0 atom stereocenters. The normalized spacial score (nSPS) is 10.7. The molecular formula is C19H13IN2O5-2. The van der Waals surface area contributed by atoms with E-state index in [0.717, 1.165) is 8.96 Å². The number of rotatable bonds is 6. The number of carboxylic acid groups (broad SMARTS) is 2. The zero-order valence-corrected chi connectivity index (χ0v) is 16.0. The highest BCUT2D eigenvalue weighted by Gasteiger charge is 2.15. The topological polar surface area (TPSA) is 125 Å². The number of amides is 1. The number of nitrogens with one attached hydrogen (secondary N) is 2. The van der Waals surface area contributed by atoms with Crippen LogP contribution in [0.25, 0.3) is 10.9 Å². The number of aromatic carboxylic acids is 2. The van der Waals surface area contributed by atoms with Crippen molar-refractivity contribution in [3.63, 3.8) is 0 Å². The largest absolute Gasteiger partial charge is 0.545 e. The van der Waals surface area contributed by atoms with Crippen LogP contribution in [0.2, 0.25) is 0 Å². The Kier molecular flexibility index (Phi) is 5.45. The Bertz CT molecular complexity index is 1060. The van der Waals surface area contributed by atoms with Crippen LogP contribution >= 0.6 is 22.6 Å². The van der Waals surface area contributed by atoms with Crippen LogP contribution in [0.5, 0.6) is 0 Å². The number of carboxylic acids is 2. The van der Waals surface area contributed by atoms with Gasteiger partial charge in [0, 0.05) is 32.1 Å². The maximum Gasteiger partial charge on any atom is 0.251 e. The van der Waals surface area contributed by atoms with Crippen molar-refractivity contribution < 1.29 is 24.6 Å². The molecule has 138 valence electrons. The third-order valence-corrected chi connectivity index (χ3v) is 4.80. The van der Waals surface area contributed by atoms with Gasteiger partial charge in [0.15, 0.2) is 0 Å². The van der Waals surface area contributed by atoms with Crippen molar-refractivity contribution in [2.75, 3.05) is 6.54 Å². The van der Waals surface area contributed by atoms with Crippen LogP contribution in [-0.4, -0.2) is 29.4 Å². The highest BCUT2D eigenvalue weighted by Crippen LogP contribution is 2.24. The van der Waals surface area contributed by atoms with Gasteiger partial charge in [-0.15, -0.1) is 0 Å². The van der Waals surface area contributed by atoms with Crippen molar-refractivity contribution in [2.24, 2.45) is 0 Å². The number of fused-ring (bicyclic) bond motifs is 1. The molecule has 1 heterocycles. The van der Waals surface area contributed by atoms with Crippen molar-refractivity contribution in [3.8, 4) is 0 Å². The minimum Gasteiger partial charge on any atom is -0.545 e. The molecule has 0 saturated heterocycles. The Labute approximate surface area is 167 Å². The smallest absolute Gasteiger partial charge is 0.251 e. The number of carbonyl (C=O) groups is 3. The summed E-state index contributed by atoms with van der Waals surface area (Å²) in [6.07, 6.45) is 0.239. The fourth-order valence-electron chi connectivity index (χ4n) is 2.91. The Morgan fingerprint density at radius 3 is 2.37 bits per heavy atom. The van der Waals surface area contributed by atoms with Gasteiger partial charge < -0.3 is 30.1 Å². The number of halogens is 1. The predicted octanol–water partition coefficient (Wildman–Crippen LogP) is 0.472. The van der Waals surface area contributed by atoms with Gasteiger partial charge in [-0.1, -0.05) is 18.2 Å². The molecule has 0 aliphatic rings. The molecule has 0 spiro atoms. The summed E-state index contributed by atoms with van der Waals surface area (Å²) in [6, 6.07) is 11.2. The van der Waals surface area contributed by atoms with E-state index >= 15 is 0 Å². The first kappa shape index (κ1) is 18.9. The van der Waals surface area contributed by atoms with Gasteiger partial charge in [0.2, 0.25) is 0 Å². The molecule has 3 rings (SSSR count). The van der Waals surface area contributed by atoms with E-state index in [1.165, 1.54) is 18.2 Å². The zero-order chi connectivity index (χ0) is 19.6. The van der Waals surface area contributed by atoms with E-state index in [1.807, 2.05) is 12.1 Å². The standard InChI is InChI=1S/C19H15IN2O5/c20-10-5-6-15-14(9-10)11(16(22-15)19(26)27)7-8-21-17(23)12-3-1-2-4-13(12)18(24)25/h1-6,9,22H,7-8H2,(H,21,23)(H,24,25)(H,26,27)/p-2. The minimum atomic E-state index is -1.44. The quantitative estimate of drug-likeness (QED) is 0.501. The van der Waals surface area contributed by atoms with Gasteiger partial charge >= 0.3 is 0 Å². The lowest BCUT2D eigenvalue weighted by atomic mass is 10.1. The summed E-state index contributed by atoms with van der Waals surface area (Å²) in [4.78, 5) is 37.6. The number of hydrogen-bond acceptors (Lipinski definition) is 5. The molecule has 0 aliphatic heterocycles. The molecule has 0 unspecified atom stereocenters. The summed E-state index contributed by atoms with van der Waals surface area (Å²) in [5.41, 5.74) is 0.949. The Morgan fingerprint density at radius 1 is 1.00 bits per heavy atom. The highest BCUT2D eigenvalue weighted by molar-refractivity contribution is 14.1. The first-order valence-electron chi connectivity index (χ1n) is 7.98. The SMILES string of the molecule is O=C([O-])c1ccccc1C(=O)NCCc1c(C(=O)[O-])[nH]c2ccc(I)cc12. The van der Waals surface area contributed by atoms with E-state index in [9.17, 15) is 24.6 Å². The molecule has 3 aromatic rings. The van der Waals surface area contributed by atoms with Crippen molar-refractivity contribution in [2.45, 2.75) is 6.42 Å². The number of carbonyl (C=O) groups excluding carboxylic acids is 3.